The van der Waals surface area contributed by atoms with Gasteiger partial charge >= 0.3 is 0 Å². The molecule has 1 aromatic rings. The third-order valence-electron chi connectivity index (χ3n) is 1.35. The van der Waals surface area contributed by atoms with E-state index in [0.29, 0.717) is 0 Å². The molecule has 0 bridgehead atoms. The van der Waals surface area contributed by atoms with Crippen LogP contribution in [0.5, 0.6) is 0 Å². The quantitative estimate of drug-likeness (QED) is 0.463. The Hall–Kier alpha value is -1.06. The summed E-state index contributed by atoms with van der Waals surface area (Å²) < 4.78 is 1.84. The first-order valence-electron chi connectivity index (χ1n) is 3.53. The average Bonchev–Trinajstić information content (AvgIpc) is 2.31. The highest BCUT2D eigenvalue weighted by atomic mass is 15.6. The van der Waals surface area contributed by atoms with Crippen LogP contribution in [0.4, 0.5) is 0 Å². The molecule has 4 nitrogen and oxygen atoms in total. The highest BCUT2D eigenvalue weighted by Gasteiger charge is 1.99. The Kier molecular flexibility index (Phi) is 2.25. The average molecular weight is 141 g/mol. The normalized spacial score (nSPS) is 10.1. The maximum Gasteiger partial charge on any atom is 0.184 e. The molecule has 0 unspecified atom stereocenters. The van der Waals surface area contributed by atoms with E-state index in [4.69, 9.17) is 5.84 Å². The second-order valence-corrected chi connectivity index (χ2v) is 2.28. The van der Waals surface area contributed by atoms with Crippen molar-refractivity contribution in [3.05, 3.63) is 12.4 Å². The van der Waals surface area contributed by atoms with Gasteiger partial charge in [-0.05, 0) is 11.2 Å². The Labute approximate surface area is 60.2 Å². The number of aromatic nitrogens is 3. The van der Waals surface area contributed by atoms with Gasteiger partial charge in [0.15, 0.2) is 12.4 Å². The first-order valence-corrected chi connectivity index (χ1v) is 3.53. The van der Waals surface area contributed by atoms with Gasteiger partial charge in [0.25, 0.3) is 0 Å². The lowest BCUT2D eigenvalue weighted by Crippen LogP contribution is -2.37. The Morgan fingerprint density at radius 3 is 3.00 bits per heavy atom. The van der Waals surface area contributed by atoms with Crippen molar-refractivity contribution in [2.45, 2.75) is 26.3 Å². The Balaban J connectivity index is 2.42. The van der Waals surface area contributed by atoms with Gasteiger partial charge in [0.05, 0.1) is 0 Å². The minimum Gasteiger partial charge on any atom is -0.249 e. The summed E-state index contributed by atoms with van der Waals surface area (Å²) in [5.41, 5.74) is 0. The molecule has 1 aromatic heterocycles. The fourth-order valence-electron chi connectivity index (χ4n) is 0.777. The van der Waals surface area contributed by atoms with Crippen LogP contribution in [0.15, 0.2) is 12.4 Å². The fraction of sp³-hybridized carbons (Fsp3) is 0.667. The van der Waals surface area contributed by atoms with Crippen LogP contribution in [-0.4, -0.2) is 10.0 Å². The van der Waals surface area contributed by atoms with Gasteiger partial charge in [-0.1, -0.05) is 13.3 Å². The van der Waals surface area contributed by atoms with Gasteiger partial charge in [-0.2, -0.15) is 0 Å². The zero-order valence-corrected chi connectivity index (χ0v) is 6.20. The van der Waals surface area contributed by atoms with Crippen LogP contribution < -0.4 is 10.5 Å². The Bertz CT molecular complexity index is 193. The molecular weight excluding hydrogens is 128 g/mol. The zero-order valence-electron chi connectivity index (χ0n) is 6.20. The number of hydrogen-bond acceptors (Lipinski definition) is 2. The van der Waals surface area contributed by atoms with Crippen molar-refractivity contribution >= 4 is 0 Å². The third-order valence-corrected chi connectivity index (χ3v) is 1.35. The van der Waals surface area contributed by atoms with Crippen LogP contribution in [0.3, 0.4) is 0 Å². The summed E-state index contributed by atoms with van der Waals surface area (Å²) in [6.45, 7) is 3.11. The van der Waals surface area contributed by atoms with Gasteiger partial charge in [-0.3, -0.25) is 0 Å². The SMILES string of the molecule is CCCC[n+]1ccn(N)n1. The van der Waals surface area contributed by atoms with Crippen molar-refractivity contribution in [2.75, 3.05) is 5.84 Å². The number of aryl methyl sites for hydroxylation is 1. The number of nitrogens with zero attached hydrogens (tertiary/aromatic N) is 3. The molecule has 0 fully saturated rings. The van der Waals surface area contributed by atoms with Crippen LogP contribution in [0.25, 0.3) is 0 Å². The van der Waals surface area contributed by atoms with E-state index in [1.54, 1.807) is 6.20 Å². The molecule has 0 amide bonds. The number of hydrogen-bond donors (Lipinski definition) is 1. The molecule has 0 aliphatic carbocycles. The molecule has 0 saturated heterocycles. The van der Waals surface area contributed by atoms with Crippen molar-refractivity contribution in [3.63, 3.8) is 0 Å². The molecule has 0 aliphatic rings. The van der Waals surface area contributed by atoms with Gasteiger partial charge in [0, 0.05) is 0 Å². The molecule has 0 spiro atoms. The van der Waals surface area contributed by atoms with Crippen molar-refractivity contribution < 1.29 is 4.68 Å². The van der Waals surface area contributed by atoms with Crippen LogP contribution in [0, 0.1) is 0 Å². The van der Waals surface area contributed by atoms with Crippen molar-refractivity contribution in [1.82, 2.24) is 10.0 Å². The minimum atomic E-state index is 0.959. The second kappa shape index (κ2) is 3.20. The number of rotatable bonds is 3. The fourth-order valence-corrected chi connectivity index (χ4v) is 0.777. The van der Waals surface area contributed by atoms with Gasteiger partial charge in [0.1, 0.15) is 11.8 Å². The van der Waals surface area contributed by atoms with Crippen LogP contribution >= 0.6 is 0 Å². The number of nitrogen functional groups attached to an aromatic ring is 1. The predicted octanol–water partition coefficient (Wildman–Crippen LogP) is -0.315. The van der Waals surface area contributed by atoms with Gasteiger partial charge in [-0.25, -0.2) is 5.84 Å². The summed E-state index contributed by atoms with van der Waals surface area (Å²) in [6.07, 6.45) is 5.94. The summed E-state index contributed by atoms with van der Waals surface area (Å²) >= 11 is 0. The molecule has 1 heterocycles. The molecule has 2 N–H and O–H groups in total. The van der Waals surface area contributed by atoms with E-state index in [2.05, 4.69) is 12.1 Å². The smallest absolute Gasteiger partial charge is 0.184 e. The van der Waals surface area contributed by atoms with E-state index in [0.717, 1.165) is 13.0 Å². The van der Waals surface area contributed by atoms with E-state index >= 15 is 0 Å². The summed E-state index contributed by atoms with van der Waals surface area (Å²) in [7, 11) is 0. The van der Waals surface area contributed by atoms with Gasteiger partial charge in [-0.15, -0.1) is 4.68 Å². The monoisotopic (exact) mass is 141 g/mol. The topological polar surface area (TPSA) is 47.7 Å². The number of nitrogens with two attached hydrogens (primary N) is 1. The lowest BCUT2D eigenvalue weighted by Gasteiger charge is -1.87. The largest absolute Gasteiger partial charge is 0.249 e. The maximum absolute atomic E-state index is 5.34. The summed E-state index contributed by atoms with van der Waals surface area (Å²) in [5, 5.41) is 3.96. The molecular formula is C6H13N4+. The van der Waals surface area contributed by atoms with Crippen molar-refractivity contribution in [3.8, 4) is 0 Å². The first kappa shape index (κ1) is 7.05. The van der Waals surface area contributed by atoms with E-state index in [-0.39, 0.29) is 0 Å². The molecule has 0 aromatic carbocycles. The van der Waals surface area contributed by atoms with Crippen molar-refractivity contribution in [1.29, 1.82) is 0 Å². The molecule has 4 heteroatoms. The predicted molar refractivity (Wildman–Crippen MR) is 37.5 cm³/mol. The van der Waals surface area contributed by atoms with Gasteiger partial charge in [0.2, 0.25) is 0 Å². The molecule has 0 radical (unpaired) electrons. The molecule has 0 atom stereocenters. The minimum absolute atomic E-state index is 0.959. The van der Waals surface area contributed by atoms with E-state index in [9.17, 15) is 0 Å². The lowest BCUT2D eigenvalue weighted by molar-refractivity contribution is -0.755. The van der Waals surface area contributed by atoms with Gasteiger partial charge < -0.3 is 0 Å². The first-order chi connectivity index (χ1) is 4.83. The third kappa shape index (κ3) is 1.72. The highest BCUT2D eigenvalue weighted by molar-refractivity contribution is 4.54. The van der Waals surface area contributed by atoms with E-state index in [1.165, 1.54) is 11.2 Å². The summed E-state index contributed by atoms with van der Waals surface area (Å²) in [6, 6.07) is 0. The second-order valence-electron chi connectivity index (χ2n) is 2.28. The maximum atomic E-state index is 5.34. The Morgan fingerprint density at radius 1 is 1.70 bits per heavy atom. The molecule has 0 aliphatic heterocycles. The van der Waals surface area contributed by atoms with Crippen LogP contribution in [-0.2, 0) is 6.54 Å². The van der Waals surface area contributed by atoms with Crippen LogP contribution in [0.1, 0.15) is 19.8 Å². The van der Waals surface area contributed by atoms with Crippen molar-refractivity contribution in [2.24, 2.45) is 0 Å². The lowest BCUT2D eigenvalue weighted by atomic mass is 10.3. The summed E-state index contributed by atoms with van der Waals surface area (Å²) in [4.78, 5) is 1.32. The Morgan fingerprint density at radius 2 is 2.50 bits per heavy atom. The molecule has 0 saturated carbocycles. The van der Waals surface area contributed by atoms with E-state index in [1.807, 2.05) is 10.9 Å². The zero-order chi connectivity index (χ0) is 7.40. The summed E-state index contributed by atoms with van der Waals surface area (Å²) in [5.74, 6) is 5.34. The standard InChI is InChI=1S/C6H13N4/c1-2-3-4-9-5-6-10(7)8-9/h5-6H,2-4H2,1H3,(H2,7,8)/q+1. The van der Waals surface area contributed by atoms with Crippen LogP contribution in [0.2, 0.25) is 0 Å². The number of unbranched alkanes of at least 4 members (excludes halogenated alkanes) is 1. The highest BCUT2D eigenvalue weighted by Crippen LogP contribution is 1.83. The molecule has 56 valence electrons. The molecule has 10 heavy (non-hydrogen) atoms. The van der Waals surface area contributed by atoms with E-state index < -0.39 is 0 Å². The molecule has 1 rings (SSSR count).